The number of amides is 1. The molecule has 2 rings (SSSR count). The van der Waals surface area contributed by atoms with Gasteiger partial charge in [-0.25, -0.2) is 0 Å². The molecule has 0 spiro atoms. The molecule has 2 fully saturated rings. The third-order valence-electron chi connectivity index (χ3n) is 5.65. The van der Waals surface area contributed by atoms with Crippen LogP contribution >= 0.6 is 0 Å². The highest BCUT2D eigenvalue weighted by Crippen LogP contribution is 2.20. The zero-order chi connectivity index (χ0) is 18.9. The average Bonchev–Trinajstić information content (AvgIpc) is 2.65. The predicted octanol–water partition coefficient (Wildman–Crippen LogP) is 0.293. The van der Waals surface area contributed by atoms with Crippen molar-refractivity contribution in [3.63, 3.8) is 0 Å². The van der Waals surface area contributed by atoms with Crippen molar-refractivity contribution in [1.29, 1.82) is 0 Å². The Bertz CT molecular complexity index is 453. The number of nitrogens with zero attached hydrogens (tertiary/aromatic N) is 4. The summed E-state index contributed by atoms with van der Waals surface area (Å²) in [5, 5.41) is 6.29. The molecule has 7 nitrogen and oxygen atoms in total. The van der Waals surface area contributed by atoms with E-state index in [1.54, 1.807) is 7.05 Å². The average molecular weight is 367 g/mol. The van der Waals surface area contributed by atoms with Gasteiger partial charge in [0.25, 0.3) is 0 Å². The van der Waals surface area contributed by atoms with Gasteiger partial charge in [-0.3, -0.25) is 9.79 Å². The van der Waals surface area contributed by atoms with E-state index in [0.717, 1.165) is 45.0 Å². The normalized spacial score (nSPS) is 22.3. The van der Waals surface area contributed by atoms with Crippen molar-refractivity contribution in [2.45, 2.75) is 26.2 Å². The van der Waals surface area contributed by atoms with E-state index in [2.05, 4.69) is 44.3 Å². The predicted molar refractivity (Wildman–Crippen MR) is 107 cm³/mol. The molecule has 2 saturated heterocycles. The second-order valence-corrected chi connectivity index (χ2v) is 7.94. The minimum atomic E-state index is 0.156. The Labute approximate surface area is 159 Å². The first-order chi connectivity index (χ1) is 12.5. The minimum absolute atomic E-state index is 0.156. The Hall–Kier alpha value is -1.34. The second-order valence-electron chi connectivity index (χ2n) is 7.94. The molecule has 2 N–H and O–H groups in total. The lowest BCUT2D eigenvalue weighted by molar-refractivity contribution is -0.121. The van der Waals surface area contributed by atoms with Crippen LogP contribution in [-0.4, -0.2) is 100 Å². The molecule has 0 aromatic carbocycles. The van der Waals surface area contributed by atoms with Crippen LogP contribution in [0, 0.1) is 11.8 Å². The summed E-state index contributed by atoms with van der Waals surface area (Å²) in [7, 11) is 5.78. The summed E-state index contributed by atoms with van der Waals surface area (Å²) in [5.74, 6) is 2.26. The Balaban J connectivity index is 1.68. The van der Waals surface area contributed by atoms with Gasteiger partial charge in [0, 0.05) is 72.9 Å². The third-order valence-corrected chi connectivity index (χ3v) is 5.65. The number of nitrogens with one attached hydrogen (secondary N) is 2. The maximum absolute atomic E-state index is 11.5. The summed E-state index contributed by atoms with van der Waals surface area (Å²) in [4.78, 5) is 23.3. The van der Waals surface area contributed by atoms with Gasteiger partial charge in [0.15, 0.2) is 5.96 Å². The van der Waals surface area contributed by atoms with E-state index in [9.17, 15) is 4.79 Å². The molecular weight excluding hydrogens is 328 g/mol. The van der Waals surface area contributed by atoms with E-state index in [-0.39, 0.29) is 5.91 Å². The van der Waals surface area contributed by atoms with Gasteiger partial charge in [-0.2, -0.15) is 0 Å². The fraction of sp³-hybridized carbons (Fsp3) is 0.895. The maximum Gasteiger partial charge on any atom is 0.220 e. The van der Waals surface area contributed by atoms with E-state index < -0.39 is 0 Å². The molecule has 1 unspecified atom stereocenters. The van der Waals surface area contributed by atoms with Crippen LogP contribution in [0.25, 0.3) is 0 Å². The molecule has 2 aliphatic rings. The van der Waals surface area contributed by atoms with Crippen LogP contribution in [0.3, 0.4) is 0 Å². The number of piperidine rings is 1. The smallest absolute Gasteiger partial charge is 0.220 e. The number of guanidine groups is 1. The summed E-state index contributed by atoms with van der Waals surface area (Å²) >= 11 is 0. The van der Waals surface area contributed by atoms with Gasteiger partial charge in [0.2, 0.25) is 5.91 Å². The highest BCUT2D eigenvalue weighted by Gasteiger charge is 2.23. The van der Waals surface area contributed by atoms with Crippen molar-refractivity contribution in [3.05, 3.63) is 0 Å². The zero-order valence-electron chi connectivity index (χ0n) is 17.1. The topological polar surface area (TPSA) is 63.2 Å². The monoisotopic (exact) mass is 366 g/mol. The number of likely N-dealkylation sites (N-methyl/N-ethyl adjacent to an activating group) is 1. The highest BCUT2D eigenvalue weighted by atomic mass is 16.1. The Kier molecular flexibility index (Phi) is 8.65. The first-order valence-corrected chi connectivity index (χ1v) is 10.1. The number of hydrogen-bond acceptors (Lipinski definition) is 4. The van der Waals surface area contributed by atoms with Gasteiger partial charge >= 0.3 is 0 Å². The number of likely N-dealkylation sites (tertiary alicyclic amines) is 1. The molecular formula is C19H38N6O. The standard InChI is InChI=1S/C19H38N6O/c1-16(15-24-11-9-23(4)10-12-24)14-22-19(21-3)25-7-5-17(6-8-25)13-18(26)20-2/h16-17H,5-15H2,1-4H3,(H,20,26)(H,21,22). The lowest BCUT2D eigenvalue weighted by atomic mass is 9.93. The summed E-state index contributed by atoms with van der Waals surface area (Å²) < 4.78 is 0. The number of hydrogen-bond donors (Lipinski definition) is 2. The van der Waals surface area contributed by atoms with E-state index >= 15 is 0 Å². The second kappa shape index (κ2) is 10.7. The molecule has 1 amide bonds. The van der Waals surface area contributed by atoms with Crippen LogP contribution in [-0.2, 0) is 4.79 Å². The molecule has 0 aliphatic carbocycles. The number of aliphatic imine (C=N–C) groups is 1. The molecule has 2 heterocycles. The van der Waals surface area contributed by atoms with E-state index in [0.29, 0.717) is 18.3 Å². The van der Waals surface area contributed by atoms with Crippen molar-refractivity contribution in [1.82, 2.24) is 25.3 Å². The van der Waals surface area contributed by atoms with Crippen molar-refractivity contribution < 1.29 is 4.79 Å². The fourth-order valence-corrected chi connectivity index (χ4v) is 3.85. The third kappa shape index (κ3) is 6.76. The van der Waals surface area contributed by atoms with Gasteiger partial charge in [-0.05, 0) is 31.7 Å². The number of carbonyl (C=O) groups is 1. The number of piperazine rings is 1. The fourth-order valence-electron chi connectivity index (χ4n) is 3.85. The summed E-state index contributed by atoms with van der Waals surface area (Å²) in [6.45, 7) is 11.1. The first-order valence-electron chi connectivity index (χ1n) is 10.1. The van der Waals surface area contributed by atoms with Gasteiger partial charge in [0.1, 0.15) is 0 Å². The van der Waals surface area contributed by atoms with Crippen molar-refractivity contribution in [2.24, 2.45) is 16.8 Å². The molecule has 0 bridgehead atoms. The van der Waals surface area contributed by atoms with Crippen LogP contribution < -0.4 is 10.6 Å². The largest absolute Gasteiger partial charge is 0.359 e. The molecule has 0 saturated carbocycles. The summed E-state index contributed by atoms with van der Waals surface area (Å²) in [6.07, 6.45) is 2.77. The van der Waals surface area contributed by atoms with Crippen LogP contribution in [0.1, 0.15) is 26.2 Å². The number of carbonyl (C=O) groups excluding carboxylic acids is 1. The van der Waals surface area contributed by atoms with Crippen LogP contribution in [0.4, 0.5) is 0 Å². The molecule has 2 aliphatic heterocycles. The number of rotatable bonds is 6. The summed E-state index contributed by atoms with van der Waals surface area (Å²) in [6, 6.07) is 0. The summed E-state index contributed by atoms with van der Waals surface area (Å²) in [5.41, 5.74) is 0. The molecule has 0 aromatic rings. The first kappa shape index (κ1) is 21.0. The Morgan fingerprint density at radius 1 is 1.15 bits per heavy atom. The van der Waals surface area contributed by atoms with Crippen molar-refractivity contribution in [3.8, 4) is 0 Å². The van der Waals surface area contributed by atoms with Gasteiger partial charge < -0.3 is 25.3 Å². The quantitative estimate of drug-likeness (QED) is 0.523. The molecule has 0 radical (unpaired) electrons. The van der Waals surface area contributed by atoms with Gasteiger partial charge in [-0.1, -0.05) is 6.92 Å². The van der Waals surface area contributed by atoms with Gasteiger partial charge in [0.05, 0.1) is 0 Å². The molecule has 1 atom stereocenters. The van der Waals surface area contributed by atoms with Crippen LogP contribution in [0.5, 0.6) is 0 Å². The van der Waals surface area contributed by atoms with Crippen LogP contribution in [0.2, 0.25) is 0 Å². The highest BCUT2D eigenvalue weighted by molar-refractivity contribution is 5.80. The maximum atomic E-state index is 11.5. The molecule has 7 heteroatoms. The van der Waals surface area contributed by atoms with E-state index in [4.69, 9.17) is 0 Å². The lowest BCUT2D eigenvalue weighted by Crippen LogP contribution is -2.49. The SMILES string of the molecule is CN=C(NCC(C)CN1CCN(C)CC1)N1CCC(CC(=O)NC)CC1. The Morgan fingerprint density at radius 2 is 1.81 bits per heavy atom. The van der Waals surface area contributed by atoms with Gasteiger partial charge in [-0.15, -0.1) is 0 Å². The van der Waals surface area contributed by atoms with Crippen molar-refractivity contribution >= 4 is 11.9 Å². The Morgan fingerprint density at radius 3 is 2.38 bits per heavy atom. The van der Waals surface area contributed by atoms with Crippen LogP contribution in [0.15, 0.2) is 4.99 Å². The molecule has 26 heavy (non-hydrogen) atoms. The van der Waals surface area contributed by atoms with E-state index in [1.807, 2.05) is 7.05 Å². The van der Waals surface area contributed by atoms with Crippen molar-refractivity contribution in [2.75, 3.05) is 73.5 Å². The molecule has 0 aromatic heterocycles. The molecule has 150 valence electrons. The lowest BCUT2D eigenvalue weighted by Gasteiger charge is -2.35. The minimum Gasteiger partial charge on any atom is -0.359 e. The van der Waals surface area contributed by atoms with E-state index in [1.165, 1.54) is 26.2 Å². The zero-order valence-corrected chi connectivity index (χ0v) is 17.1.